The third-order valence-electron chi connectivity index (χ3n) is 4.02. The van der Waals surface area contributed by atoms with Crippen LogP contribution >= 0.6 is 0 Å². The van der Waals surface area contributed by atoms with Gasteiger partial charge in [-0.15, -0.1) is 0 Å². The molecule has 3 heteroatoms. The van der Waals surface area contributed by atoms with Gasteiger partial charge in [0.25, 0.3) is 5.91 Å². The van der Waals surface area contributed by atoms with Crippen LogP contribution in [0.3, 0.4) is 0 Å². The molecule has 1 aliphatic heterocycles. The van der Waals surface area contributed by atoms with E-state index in [1.165, 1.54) is 32.4 Å². The Morgan fingerprint density at radius 2 is 1.95 bits per heavy atom. The SMILES string of the molecule is Cc1ccc(C)c(C(=O)NCCCN2CCCCC2)c1. The van der Waals surface area contributed by atoms with E-state index in [9.17, 15) is 4.79 Å². The first-order valence-corrected chi connectivity index (χ1v) is 7.74. The molecule has 0 atom stereocenters. The van der Waals surface area contributed by atoms with Crippen LogP contribution in [0.15, 0.2) is 18.2 Å². The topological polar surface area (TPSA) is 32.3 Å². The molecule has 1 heterocycles. The van der Waals surface area contributed by atoms with E-state index in [4.69, 9.17) is 0 Å². The molecule has 20 heavy (non-hydrogen) atoms. The number of carbonyl (C=O) groups excluding carboxylic acids is 1. The molecule has 2 rings (SSSR count). The number of aryl methyl sites for hydroxylation is 2. The Kier molecular flexibility index (Phi) is 5.60. The first kappa shape index (κ1) is 15.0. The van der Waals surface area contributed by atoms with Crippen LogP contribution in [0.25, 0.3) is 0 Å². The van der Waals surface area contributed by atoms with Crippen LogP contribution in [0, 0.1) is 13.8 Å². The number of nitrogens with one attached hydrogen (secondary N) is 1. The summed E-state index contributed by atoms with van der Waals surface area (Å²) >= 11 is 0. The fourth-order valence-electron chi connectivity index (χ4n) is 2.76. The average molecular weight is 274 g/mol. The molecular weight excluding hydrogens is 248 g/mol. The minimum Gasteiger partial charge on any atom is -0.352 e. The van der Waals surface area contributed by atoms with Gasteiger partial charge in [-0.25, -0.2) is 0 Å². The molecular formula is C17H26N2O. The number of likely N-dealkylation sites (tertiary alicyclic amines) is 1. The zero-order valence-corrected chi connectivity index (χ0v) is 12.7. The second-order valence-electron chi connectivity index (χ2n) is 5.83. The molecule has 1 aromatic rings. The summed E-state index contributed by atoms with van der Waals surface area (Å²) in [6, 6.07) is 6.02. The number of piperidine rings is 1. The third kappa shape index (κ3) is 4.34. The van der Waals surface area contributed by atoms with Gasteiger partial charge in [0, 0.05) is 12.1 Å². The summed E-state index contributed by atoms with van der Waals surface area (Å²) in [5, 5.41) is 3.04. The van der Waals surface area contributed by atoms with Gasteiger partial charge in [-0.05, 0) is 64.4 Å². The Balaban J connectivity index is 1.73. The van der Waals surface area contributed by atoms with Crippen molar-refractivity contribution in [3.63, 3.8) is 0 Å². The van der Waals surface area contributed by atoms with E-state index in [0.717, 1.165) is 36.2 Å². The summed E-state index contributed by atoms with van der Waals surface area (Å²) in [5.74, 6) is 0.0600. The lowest BCUT2D eigenvalue weighted by Crippen LogP contribution is -2.33. The van der Waals surface area contributed by atoms with E-state index in [1.807, 2.05) is 32.0 Å². The zero-order valence-electron chi connectivity index (χ0n) is 12.7. The average Bonchev–Trinajstić information content (AvgIpc) is 2.47. The summed E-state index contributed by atoms with van der Waals surface area (Å²) in [6.45, 7) is 8.33. The van der Waals surface area contributed by atoms with Crippen LogP contribution in [-0.2, 0) is 0 Å². The van der Waals surface area contributed by atoms with Crippen molar-refractivity contribution >= 4 is 5.91 Å². The Morgan fingerprint density at radius 1 is 1.20 bits per heavy atom. The second-order valence-corrected chi connectivity index (χ2v) is 5.83. The number of benzene rings is 1. The molecule has 0 bridgehead atoms. The number of nitrogens with zero attached hydrogens (tertiary/aromatic N) is 1. The van der Waals surface area contributed by atoms with E-state index >= 15 is 0 Å². The molecule has 3 nitrogen and oxygen atoms in total. The number of hydrogen-bond donors (Lipinski definition) is 1. The van der Waals surface area contributed by atoms with Gasteiger partial charge < -0.3 is 10.2 Å². The van der Waals surface area contributed by atoms with Gasteiger partial charge in [-0.1, -0.05) is 24.1 Å². The highest BCUT2D eigenvalue weighted by Gasteiger charge is 2.11. The largest absolute Gasteiger partial charge is 0.352 e. The van der Waals surface area contributed by atoms with Crippen LogP contribution in [-0.4, -0.2) is 37.0 Å². The molecule has 1 saturated heterocycles. The summed E-state index contributed by atoms with van der Waals surface area (Å²) in [7, 11) is 0. The number of rotatable bonds is 5. The second kappa shape index (κ2) is 7.44. The monoisotopic (exact) mass is 274 g/mol. The maximum Gasteiger partial charge on any atom is 0.251 e. The molecule has 0 unspecified atom stereocenters. The molecule has 1 aromatic carbocycles. The van der Waals surface area contributed by atoms with Crippen molar-refractivity contribution in [1.82, 2.24) is 10.2 Å². The minimum atomic E-state index is 0.0600. The molecule has 1 aliphatic rings. The highest BCUT2D eigenvalue weighted by Crippen LogP contribution is 2.11. The van der Waals surface area contributed by atoms with E-state index in [-0.39, 0.29) is 5.91 Å². The molecule has 0 spiro atoms. The number of carbonyl (C=O) groups is 1. The normalized spacial score (nSPS) is 16.1. The summed E-state index contributed by atoms with van der Waals surface area (Å²) in [6.07, 6.45) is 5.07. The quantitative estimate of drug-likeness (QED) is 0.837. The van der Waals surface area contributed by atoms with Crippen molar-refractivity contribution in [2.75, 3.05) is 26.2 Å². The molecule has 110 valence electrons. The standard InChI is InChI=1S/C17H26N2O/c1-14-7-8-15(2)16(13-14)17(20)18-9-6-12-19-10-4-3-5-11-19/h7-8,13H,3-6,9-12H2,1-2H3,(H,18,20). The van der Waals surface area contributed by atoms with Gasteiger partial charge in [0.2, 0.25) is 0 Å². The van der Waals surface area contributed by atoms with Crippen molar-refractivity contribution in [2.45, 2.75) is 39.5 Å². The fraction of sp³-hybridized carbons (Fsp3) is 0.588. The summed E-state index contributed by atoms with van der Waals surface area (Å²) < 4.78 is 0. The minimum absolute atomic E-state index is 0.0600. The summed E-state index contributed by atoms with van der Waals surface area (Å²) in [5.41, 5.74) is 2.99. The first-order valence-electron chi connectivity index (χ1n) is 7.74. The maximum atomic E-state index is 12.1. The Morgan fingerprint density at radius 3 is 2.70 bits per heavy atom. The van der Waals surface area contributed by atoms with Crippen molar-refractivity contribution < 1.29 is 4.79 Å². The van der Waals surface area contributed by atoms with Gasteiger partial charge in [0.1, 0.15) is 0 Å². The van der Waals surface area contributed by atoms with Crippen molar-refractivity contribution in [3.8, 4) is 0 Å². The van der Waals surface area contributed by atoms with E-state index in [1.54, 1.807) is 0 Å². The number of hydrogen-bond acceptors (Lipinski definition) is 2. The molecule has 1 N–H and O–H groups in total. The molecule has 0 aliphatic carbocycles. The van der Waals surface area contributed by atoms with Crippen LogP contribution in [0.5, 0.6) is 0 Å². The van der Waals surface area contributed by atoms with Crippen LogP contribution in [0.2, 0.25) is 0 Å². The zero-order chi connectivity index (χ0) is 14.4. The van der Waals surface area contributed by atoms with Gasteiger partial charge in [-0.3, -0.25) is 4.79 Å². The fourth-order valence-corrected chi connectivity index (χ4v) is 2.76. The Hall–Kier alpha value is -1.35. The van der Waals surface area contributed by atoms with Crippen LogP contribution in [0.1, 0.15) is 47.2 Å². The maximum absolute atomic E-state index is 12.1. The Labute approximate surface area is 122 Å². The molecule has 1 amide bonds. The van der Waals surface area contributed by atoms with Gasteiger partial charge in [-0.2, -0.15) is 0 Å². The van der Waals surface area contributed by atoms with Crippen LogP contribution < -0.4 is 5.32 Å². The lowest BCUT2D eigenvalue weighted by Gasteiger charge is -2.26. The predicted molar refractivity (Wildman–Crippen MR) is 83.2 cm³/mol. The van der Waals surface area contributed by atoms with Gasteiger partial charge >= 0.3 is 0 Å². The third-order valence-corrected chi connectivity index (χ3v) is 4.02. The molecule has 0 aromatic heterocycles. The predicted octanol–water partition coefficient (Wildman–Crippen LogP) is 2.91. The van der Waals surface area contributed by atoms with Crippen molar-refractivity contribution in [3.05, 3.63) is 34.9 Å². The van der Waals surface area contributed by atoms with Crippen LogP contribution in [0.4, 0.5) is 0 Å². The lowest BCUT2D eigenvalue weighted by molar-refractivity contribution is 0.0950. The van der Waals surface area contributed by atoms with Crippen molar-refractivity contribution in [2.24, 2.45) is 0 Å². The van der Waals surface area contributed by atoms with Gasteiger partial charge in [0.15, 0.2) is 0 Å². The van der Waals surface area contributed by atoms with E-state index in [0.29, 0.717) is 0 Å². The smallest absolute Gasteiger partial charge is 0.251 e. The van der Waals surface area contributed by atoms with E-state index < -0.39 is 0 Å². The highest BCUT2D eigenvalue weighted by molar-refractivity contribution is 5.95. The number of amides is 1. The lowest BCUT2D eigenvalue weighted by atomic mass is 10.1. The molecule has 1 fully saturated rings. The molecule has 0 saturated carbocycles. The first-order chi connectivity index (χ1) is 9.66. The Bertz CT molecular complexity index is 450. The van der Waals surface area contributed by atoms with Gasteiger partial charge in [0.05, 0.1) is 0 Å². The summed E-state index contributed by atoms with van der Waals surface area (Å²) in [4.78, 5) is 14.7. The van der Waals surface area contributed by atoms with E-state index in [2.05, 4.69) is 10.2 Å². The van der Waals surface area contributed by atoms with Crippen molar-refractivity contribution in [1.29, 1.82) is 0 Å². The molecule has 0 radical (unpaired) electrons. The highest BCUT2D eigenvalue weighted by atomic mass is 16.1.